The van der Waals surface area contributed by atoms with Gasteiger partial charge in [-0.25, -0.2) is 23.1 Å². The Balaban J connectivity index is 3.47. The zero-order chi connectivity index (χ0) is 21.8. The van der Waals surface area contributed by atoms with Gasteiger partial charge in [0.15, 0.2) is 9.84 Å². The molecule has 1 aromatic rings. The van der Waals surface area contributed by atoms with Crippen LogP contribution in [0.15, 0.2) is 34.1 Å². The summed E-state index contributed by atoms with van der Waals surface area (Å²) >= 11 is 0. The van der Waals surface area contributed by atoms with Gasteiger partial charge < -0.3 is 9.47 Å². The van der Waals surface area contributed by atoms with Crippen molar-refractivity contribution in [3.8, 4) is 0 Å². The van der Waals surface area contributed by atoms with E-state index in [1.807, 2.05) is 0 Å². The third-order valence-corrected chi connectivity index (χ3v) is 5.60. The molecule has 0 heterocycles. The number of hydrogen-bond donors (Lipinski definition) is 0. The minimum Gasteiger partial charge on any atom is -0.441 e. The van der Waals surface area contributed by atoms with Crippen LogP contribution in [0.1, 0.15) is 20.8 Å². The van der Waals surface area contributed by atoms with Crippen molar-refractivity contribution in [2.45, 2.75) is 36.2 Å². The van der Waals surface area contributed by atoms with Crippen LogP contribution in [0.3, 0.4) is 0 Å². The molecule has 0 saturated heterocycles. The van der Waals surface area contributed by atoms with Crippen molar-refractivity contribution in [2.75, 3.05) is 19.5 Å². The average molecular weight is 438 g/mol. The van der Waals surface area contributed by atoms with E-state index in [2.05, 4.69) is 9.57 Å². The lowest BCUT2D eigenvalue weighted by Crippen LogP contribution is -2.42. The Morgan fingerprint density at radius 3 is 2.04 bits per heavy atom. The number of hydroxylamine groups is 1. The van der Waals surface area contributed by atoms with Crippen molar-refractivity contribution in [3.05, 3.63) is 24.3 Å². The second-order valence-corrected chi connectivity index (χ2v) is 10.0. The topological polar surface area (TPSA) is 153 Å². The minimum absolute atomic E-state index is 0.421. The zero-order valence-corrected chi connectivity index (χ0v) is 17.2. The van der Waals surface area contributed by atoms with E-state index in [-0.39, 0.29) is 0 Å². The summed E-state index contributed by atoms with van der Waals surface area (Å²) in [5.74, 6) is 0. The molecule has 0 aromatic heterocycles. The maximum Gasteiger partial charge on any atom is 0.534 e. The largest absolute Gasteiger partial charge is 0.534 e. The normalized spacial score (nSPS) is 12.2. The molecule has 0 aliphatic rings. The lowest BCUT2D eigenvalue weighted by Gasteiger charge is -2.25. The van der Waals surface area contributed by atoms with Gasteiger partial charge in [-0.2, -0.15) is 8.42 Å². The molecule has 0 bridgehead atoms. The van der Waals surface area contributed by atoms with Gasteiger partial charge in [-0.3, -0.25) is 4.84 Å². The first-order valence-electron chi connectivity index (χ1n) is 7.70. The SMILES string of the molecule is CC(C)(C)OC(=O)N(OC(=O)OCC[O])S(=O)(=O)c1ccccc1S(C)(=O)=O. The highest BCUT2D eigenvalue weighted by Gasteiger charge is 2.40. The number of ether oxygens (including phenoxy) is 2. The van der Waals surface area contributed by atoms with Crippen molar-refractivity contribution < 1.29 is 45.8 Å². The van der Waals surface area contributed by atoms with Crippen LogP contribution in [0.2, 0.25) is 0 Å². The summed E-state index contributed by atoms with van der Waals surface area (Å²) in [5, 5.41) is 10.4. The number of sulfone groups is 1. The van der Waals surface area contributed by atoms with Gasteiger partial charge in [0.1, 0.15) is 23.7 Å². The third kappa shape index (κ3) is 6.35. The minimum atomic E-state index is -5.03. The highest BCUT2D eigenvalue weighted by atomic mass is 32.2. The first-order chi connectivity index (χ1) is 12.7. The van der Waals surface area contributed by atoms with E-state index in [1.165, 1.54) is 32.9 Å². The summed E-state index contributed by atoms with van der Waals surface area (Å²) in [4.78, 5) is 26.9. The Bertz CT molecular complexity index is 932. The fourth-order valence-electron chi connectivity index (χ4n) is 1.76. The predicted octanol–water partition coefficient (Wildman–Crippen LogP) is 1.51. The number of nitrogens with zero attached hydrogens (tertiary/aromatic N) is 1. The van der Waals surface area contributed by atoms with Crippen LogP contribution < -0.4 is 0 Å². The first-order valence-corrected chi connectivity index (χ1v) is 11.0. The fraction of sp³-hybridized carbons (Fsp3) is 0.467. The molecule has 13 heteroatoms. The molecule has 1 amide bonds. The number of hydrogen-bond acceptors (Lipinski definition) is 9. The van der Waals surface area contributed by atoms with E-state index in [9.17, 15) is 31.5 Å². The molecule has 0 spiro atoms. The van der Waals surface area contributed by atoms with Crippen molar-refractivity contribution in [3.63, 3.8) is 0 Å². The fourth-order valence-corrected chi connectivity index (χ4v) is 4.43. The molecule has 11 nitrogen and oxygen atoms in total. The second kappa shape index (κ2) is 8.75. The molecular weight excluding hydrogens is 418 g/mol. The van der Waals surface area contributed by atoms with Gasteiger partial charge in [-0.15, -0.1) is 0 Å². The molecule has 0 aliphatic heterocycles. The molecule has 1 aromatic carbocycles. The maximum absolute atomic E-state index is 12.9. The van der Waals surface area contributed by atoms with Gasteiger partial charge in [0.2, 0.25) is 0 Å². The van der Waals surface area contributed by atoms with Crippen molar-refractivity contribution in [1.29, 1.82) is 0 Å². The summed E-state index contributed by atoms with van der Waals surface area (Å²) in [7, 11) is -9.05. The molecule has 1 radical (unpaired) electrons. The molecular formula is C15H20NO10S2. The highest BCUT2D eigenvalue weighted by Crippen LogP contribution is 2.26. The Morgan fingerprint density at radius 2 is 1.57 bits per heavy atom. The summed E-state index contributed by atoms with van der Waals surface area (Å²) in [5.41, 5.74) is -1.18. The molecule has 0 fully saturated rings. The van der Waals surface area contributed by atoms with E-state index in [1.54, 1.807) is 0 Å². The molecule has 0 aliphatic carbocycles. The lowest BCUT2D eigenvalue weighted by atomic mass is 10.2. The Labute approximate surface area is 162 Å². The molecule has 1 rings (SSSR count). The lowest BCUT2D eigenvalue weighted by molar-refractivity contribution is -0.0760. The van der Waals surface area contributed by atoms with E-state index in [4.69, 9.17) is 4.74 Å². The second-order valence-electron chi connectivity index (χ2n) is 6.33. The molecule has 157 valence electrons. The van der Waals surface area contributed by atoms with Gasteiger partial charge in [-0.05, 0) is 37.4 Å². The number of benzene rings is 1. The van der Waals surface area contributed by atoms with Crippen LogP contribution in [0.25, 0.3) is 0 Å². The van der Waals surface area contributed by atoms with Crippen LogP contribution in [0, 0.1) is 0 Å². The Morgan fingerprint density at radius 1 is 1.04 bits per heavy atom. The quantitative estimate of drug-likeness (QED) is 0.491. The van der Waals surface area contributed by atoms with Crippen molar-refractivity contribution >= 4 is 32.1 Å². The summed E-state index contributed by atoms with van der Waals surface area (Å²) in [6.45, 7) is 2.81. The highest BCUT2D eigenvalue weighted by molar-refractivity contribution is 7.93. The number of sulfonamides is 1. The van der Waals surface area contributed by atoms with E-state index in [0.29, 0.717) is 0 Å². The number of amides is 1. The summed E-state index contributed by atoms with van der Waals surface area (Å²) in [6.07, 6.45) is -2.51. The van der Waals surface area contributed by atoms with Crippen LogP contribution in [0.4, 0.5) is 9.59 Å². The van der Waals surface area contributed by atoms with Gasteiger partial charge in [0.25, 0.3) is 0 Å². The third-order valence-electron chi connectivity index (χ3n) is 2.75. The average Bonchev–Trinajstić information content (AvgIpc) is 2.55. The van der Waals surface area contributed by atoms with E-state index < -0.39 is 65.2 Å². The molecule has 0 saturated carbocycles. The van der Waals surface area contributed by atoms with Crippen LogP contribution in [0.5, 0.6) is 0 Å². The molecule has 0 unspecified atom stereocenters. The molecule has 0 atom stereocenters. The van der Waals surface area contributed by atoms with Gasteiger partial charge in [0.05, 0.1) is 4.90 Å². The summed E-state index contributed by atoms with van der Waals surface area (Å²) in [6, 6.07) is 4.40. The van der Waals surface area contributed by atoms with Crippen LogP contribution >= 0.6 is 0 Å². The van der Waals surface area contributed by atoms with E-state index >= 15 is 0 Å². The van der Waals surface area contributed by atoms with Crippen LogP contribution in [-0.2, 0) is 39.3 Å². The standard InChI is InChI=1S/C15H20NO10S2/c1-15(2,3)25-13(18)16(26-14(19)24-10-9-17)28(22,23)12-8-6-5-7-11(12)27(4,20)21/h5-8H,9-10H2,1-4H3. The van der Waals surface area contributed by atoms with Crippen molar-refractivity contribution in [2.24, 2.45) is 0 Å². The first kappa shape index (κ1) is 23.7. The van der Waals surface area contributed by atoms with Gasteiger partial charge in [-0.1, -0.05) is 12.1 Å². The molecule has 0 N–H and O–H groups in total. The predicted molar refractivity (Wildman–Crippen MR) is 92.8 cm³/mol. The van der Waals surface area contributed by atoms with Gasteiger partial charge in [0, 0.05) is 6.26 Å². The van der Waals surface area contributed by atoms with Gasteiger partial charge >= 0.3 is 22.3 Å². The number of rotatable bonds is 5. The zero-order valence-electron chi connectivity index (χ0n) is 15.6. The van der Waals surface area contributed by atoms with Crippen LogP contribution in [-0.4, -0.2) is 58.6 Å². The Hall–Kier alpha value is -2.38. The summed E-state index contributed by atoms with van der Waals surface area (Å²) < 4.78 is 58.4. The Kier molecular flexibility index (Phi) is 7.39. The van der Waals surface area contributed by atoms with Crippen molar-refractivity contribution in [1.82, 2.24) is 4.47 Å². The maximum atomic E-state index is 12.9. The molecule has 28 heavy (non-hydrogen) atoms. The number of carbonyl (C=O) groups excluding carboxylic acids is 2. The van der Waals surface area contributed by atoms with E-state index in [0.717, 1.165) is 18.4 Å². The smallest absolute Gasteiger partial charge is 0.441 e. The number of carbonyl (C=O) groups is 2. The monoisotopic (exact) mass is 438 g/mol.